The minimum atomic E-state index is -0.315. The third-order valence-electron chi connectivity index (χ3n) is 4.14. The van der Waals surface area contributed by atoms with Crippen molar-refractivity contribution in [3.63, 3.8) is 0 Å². The normalized spacial score (nSPS) is 10.4. The highest BCUT2D eigenvalue weighted by Crippen LogP contribution is 2.21. The van der Waals surface area contributed by atoms with Crippen molar-refractivity contribution in [3.8, 4) is 17.2 Å². The van der Waals surface area contributed by atoms with Gasteiger partial charge in [-0.25, -0.2) is 4.98 Å². The quantitative estimate of drug-likeness (QED) is 0.612. The number of carbonyl (C=O) groups excluding carboxylic acids is 2. The molecule has 2 amide bonds. The van der Waals surface area contributed by atoms with Gasteiger partial charge in [-0.2, -0.15) is 0 Å². The van der Waals surface area contributed by atoms with Crippen LogP contribution in [-0.4, -0.2) is 29.9 Å². The van der Waals surface area contributed by atoms with E-state index in [1.807, 2.05) is 37.3 Å². The van der Waals surface area contributed by atoms with E-state index in [-0.39, 0.29) is 24.8 Å². The van der Waals surface area contributed by atoms with Gasteiger partial charge in [0.1, 0.15) is 11.5 Å². The highest BCUT2D eigenvalue weighted by molar-refractivity contribution is 5.94. The molecule has 0 saturated heterocycles. The molecule has 2 aromatic carbocycles. The van der Waals surface area contributed by atoms with Gasteiger partial charge in [0.05, 0.1) is 25.3 Å². The van der Waals surface area contributed by atoms with Gasteiger partial charge in [0, 0.05) is 11.3 Å². The van der Waals surface area contributed by atoms with Crippen LogP contribution in [0.2, 0.25) is 0 Å². The van der Waals surface area contributed by atoms with Gasteiger partial charge < -0.3 is 19.8 Å². The average Bonchev–Trinajstić information content (AvgIpc) is 3.09. The maximum absolute atomic E-state index is 12.2. The summed E-state index contributed by atoms with van der Waals surface area (Å²) in [7, 11) is 0. The Morgan fingerprint density at radius 2 is 1.76 bits per heavy atom. The lowest BCUT2D eigenvalue weighted by atomic mass is 10.2. The standard InChI is InChI=1S/C22H23N3O4/c1-3-28-18-11-9-17(10-12-18)24-21(27)14-23-20(26)13-19-15(2)29-22(25-19)16-7-5-4-6-8-16/h4-12H,3,13-14H2,1-2H3,(H,23,26)(H,24,27). The number of oxazole rings is 1. The molecule has 7 nitrogen and oxygen atoms in total. The molecule has 1 aromatic heterocycles. The lowest BCUT2D eigenvalue weighted by molar-refractivity contribution is -0.123. The third kappa shape index (κ3) is 5.68. The van der Waals surface area contributed by atoms with Gasteiger partial charge in [-0.1, -0.05) is 18.2 Å². The van der Waals surface area contributed by atoms with E-state index in [0.717, 1.165) is 11.3 Å². The smallest absolute Gasteiger partial charge is 0.243 e. The molecule has 0 saturated carbocycles. The highest BCUT2D eigenvalue weighted by Gasteiger charge is 2.15. The van der Waals surface area contributed by atoms with Crippen LogP contribution in [0.5, 0.6) is 5.75 Å². The molecule has 7 heteroatoms. The van der Waals surface area contributed by atoms with Gasteiger partial charge in [-0.3, -0.25) is 9.59 Å². The lowest BCUT2D eigenvalue weighted by Crippen LogP contribution is -2.33. The number of aryl methyl sites for hydroxylation is 1. The van der Waals surface area contributed by atoms with E-state index in [9.17, 15) is 9.59 Å². The second-order valence-corrected chi connectivity index (χ2v) is 6.35. The summed E-state index contributed by atoms with van der Waals surface area (Å²) >= 11 is 0. The second kappa shape index (κ2) is 9.54. The molecule has 3 aromatic rings. The number of amides is 2. The molecule has 0 unspecified atom stereocenters. The lowest BCUT2D eigenvalue weighted by Gasteiger charge is -2.08. The Morgan fingerprint density at radius 1 is 1.03 bits per heavy atom. The summed E-state index contributed by atoms with van der Waals surface area (Å²) in [6.07, 6.45) is 0.0402. The van der Waals surface area contributed by atoms with Crippen LogP contribution in [0.1, 0.15) is 18.4 Å². The first-order valence-corrected chi connectivity index (χ1v) is 9.36. The topological polar surface area (TPSA) is 93.5 Å². The fourth-order valence-corrected chi connectivity index (χ4v) is 2.70. The van der Waals surface area contributed by atoms with Gasteiger partial charge in [-0.15, -0.1) is 0 Å². The van der Waals surface area contributed by atoms with Crippen LogP contribution in [0.3, 0.4) is 0 Å². The summed E-state index contributed by atoms with van der Waals surface area (Å²) in [5.74, 6) is 1.17. The SMILES string of the molecule is CCOc1ccc(NC(=O)CNC(=O)Cc2nc(-c3ccccc3)oc2C)cc1. The number of hydrogen-bond donors (Lipinski definition) is 2. The van der Waals surface area contributed by atoms with Crippen molar-refractivity contribution in [1.82, 2.24) is 10.3 Å². The van der Waals surface area contributed by atoms with Crippen LogP contribution < -0.4 is 15.4 Å². The van der Waals surface area contributed by atoms with E-state index in [2.05, 4.69) is 15.6 Å². The molecule has 0 aliphatic rings. The van der Waals surface area contributed by atoms with Crippen LogP contribution in [0.15, 0.2) is 59.0 Å². The van der Waals surface area contributed by atoms with Crippen molar-refractivity contribution in [2.24, 2.45) is 0 Å². The second-order valence-electron chi connectivity index (χ2n) is 6.35. The summed E-state index contributed by atoms with van der Waals surface area (Å²) in [6.45, 7) is 4.12. The fraction of sp³-hybridized carbons (Fsp3) is 0.227. The molecule has 0 aliphatic carbocycles. The number of anilines is 1. The number of rotatable bonds is 8. The van der Waals surface area contributed by atoms with E-state index in [4.69, 9.17) is 9.15 Å². The molecule has 1 heterocycles. The first kappa shape index (κ1) is 20.1. The molecule has 2 N–H and O–H groups in total. The summed E-state index contributed by atoms with van der Waals surface area (Å²) in [6, 6.07) is 16.5. The first-order chi connectivity index (χ1) is 14.0. The summed E-state index contributed by atoms with van der Waals surface area (Å²) < 4.78 is 11.0. The summed E-state index contributed by atoms with van der Waals surface area (Å²) in [5, 5.41) is 5.33. The van der Waals surface area contributed by atoms with Gasteiger partial charge in [-0.05, 0) is 50.2 Å². The van der Waals surface area contributed by atoms with E-state index in [0.29, 0.717) is 29.6 Å². The van der Waals surface area contributed by atoms with Crippen molar-refractivity contribution in [1.29, 1.82) is 0 Å². The Balaban J connectivity index is 1.49. The highest BCUT2D eigenvalue weighted by atomic mass is 16.5. The minimum absolute atomic E-state index is 0.0402. The van der Waals surface area contributed by atoms with Crippen molar-refractivity contribution in [3.05, 3.63) is 66.1 Å². The summed E-state index contributed by atoms with van der Waals surface area (Å²) in [4.78, 5) is 28.6. The average molecular weight is 393 g/mol. The number of hydrogen-bond acceptors (Lipinski definition) is 5. The zero-order chi connectivity index (χ0) is 20.6. The Labute approximate surface area is 169 Å². The minimum Gasteiger partial charge on any atom is -0.494 e. The van der Waals surface area contributed by atoms with Gasteiger partial charge in [0.25, 0.3) is 0 Å². The molecule has 0 fully saturated rings. The van der Waals surface area contributed by atoms with Gasteiger partial charge in [0.2, 0.25) is 17.7 Å². The van der Waals surface area contributed by atoms with Crippen LogP contribution in [0.4, 0.5) is 5.69 Å². The number of carbonyl (C=O) groups is 2. The number of ether oxygens (including phenoxy) is 1. The maximum atomic E-state index is 12.2. The van der Waals surface area contributed by atoms with E-state index >= 15 is 0 Å². The zero-order valence-electron chi connectivity index (χ0n) is 16.4. The van der Waals surface area contributed by atoms with Crippen molar-refractivity contribution in [2.75, 3.05) is 18.5 Å². The third-order valence-corrected chi connectivity index (χ3v) is 4.14. The first-order valence-electron chi connectivity index (χ1n) is 9.36. The summed E-state index contributed by atoms with van der Waals surface area (Å²) in [5.41, 5.74) is 2.03. The molecule has 0 aliphatic heterocycles. The fourth-order valence-electron chi connectivity index (χ4n) is 2.70. The molecule has 0 radical (unpaired) electrons. The number of nitrogens with one attached hydrogen (secondary N) is 2. The van der Waals surface area contributed by atoms with Crippen molar-refractivity contribution >= 4 is 17.5 Å². The van der Waals surface area contributed by atoms with Crippen molar-refractivity contribution in [2.45, 2.75) is 20.3 Å². The molecular weight excluding hydrogens is 370 g/mol. The molecule has 29 heavy (non-hydrogen) atoms. The number of nitrogens with zero attached hydrogens (tertiary/aromatic N) is 1. The molecule has 0 spiro atoms. The van der Waals surface area contributed by atoms with Crippen LogP contribution in [-0.2, 0) is 16.0 Å². The van der Waals surface area contributed by atoms with Crippen molar-refractivity contribution < 1.29 is 18.7 Å². The van der Waals surface area contributed by atoms with Gasteiger partial charge in [0.15, 0.2) is 0 Å². The van der Waals surface area contributed by atoms with Crippen LogP contribution in [0, 0.1) is 6.92 Å². The number of aromatic nitrogens is 1. The predicted octanol–water partition coefficient (Wildman–Crippen LogP) is 3.35. The predicted molar refractivity (Wildman–Crippen MR) is 110 cm³/mol. The van der Waals surface area contributed by atoms with Crippen LogP contribution in [0.25, 0.3) is 11.5 Å². The zero-order valence-corrected chi connectivity index (χ0v) is 16.4. The Bertz CT molecular complexity index is 965. The number of benzene rings is 2. The van der Waals surface area contributed by atoms with E-state index < -0.39 is 0 Å². The van der Waals surface area contributed by atoms with E-state index in [1.54, 1.807) is 31.2 Å². The molecule has 0 bridgehead atoms. The van der Waals surface area contributed by atoms with Gasteiger partial charge >= 0.3 is 0 Å². The Kier molecular flexibility index (Phi) is 6.63. The Hall–Kier alpha value is -3.61. The monoisotopic (exact) mass is 393 g/mol. The molecular formula is C22H23N3O4. The largest absolute Gasteiger partial charge is 0.494 e. The Morgan fingerprint density at radius 3 is 2.45 bits per heavy atom. The van der Waals surface area contributed by atoms with E-state index in [1.165, 1.54) is 0 Å². The van der Waals surface area contributed by atoms with Crippen LogP contribution >= 0.6 is 0 Å². The molecule has 150 valence electrons. The molecule has 0 atom stereocenters. The maximum Gasteiger partial charge on any atom is 0.243 e. The molecule has 3 rings (SSSR count).